The zero-order valence-electron chi connectivity index (χ0n) is 17.9. The molecule has 2 heterocycles. The first kappa shape index (κ1) is 22.0. The lowest BCUT2D eigenvalue weighted by atomic mass is 10.1. The van der Waals surface area contributed by atoms with Gasteiger partial charge in [0.25, 0.3) is 11.8 Å². The third-order valence-electron chi connectivity index (χ3n) is 5.19. The van der Waals surface area contributed by atoms with Crippen LogP contribution in [-0.4, -0.2) is 41.6 Å². The molecule has 166 valence electrons. The summed E-state index contributed by atoms with van der Waals surface area (Å²) in [5, 5.41) is 11.2. The van der Waals surface area contributed by atoms with E-state index in [-0.39, 0.29) is 24.5 Å². The second kappa shape index (κ2) is 9.12. The van der Waals surface area contributed by atoms with E-state index in [0.717, 1.165) is 4.90 Å². The number of amides is 1. The van der Waals surface area contributed by atoms with Gasteiger partial charge < -0.3 is 15.0 Å². The number of carbonyl (C=O) groups is 1. The van der Waals surface area contributed by atoms with Gasteiger partial charge >= 0.3 is 0 Å². The van der Waals surface area contributed by atoms with Gasteiger partial charge in [-0.15, -0.1) is 22.0 Å². The van der Waals surface area contributed by atoms with Crippen LogP contribution < -0.4 is 15.0 Å². The summed E-state index contributed by atoms with van der Waals surface area (Å²) in [5.41, 5.74) is 1.89. The van der Waals surface area contributed by atoms with Crippen LogP contribution in [0.25, 0.3) is 0 Å². The van der Waals surface area contributed by atoms with Gasteiger partial charge in [0.05, 0.1) is 13.1 Å². The molecule has 0 atom stereocenters. The van der Waals surface area contributed by atoms with E-state index in [1.165, 1.54) is 18.2 Å². The second-order valence-corrected chi connectivity index (χ2v) is 8.41. The summed E-state index contributed by atoms with van der Waals surface area (Å²) in [5.74, 6) is -0.0254. The zero-order valence-corrected chi connectivity index (χ0v) is 18.7. The predicted molar refractivity (Wildman–Crippen MR) is 121 cm³/mol. The number of rotatable bonds is 6. The molecular weight excluding hydrogens is 434 g/mol. The molecule has 0 unspecified atom stereocenters. The maximum absolute atomic E-state index is 13.5. The van der Waals surface area contributed by atoms with E-state index in [1.807, 2.05) is 24.5 Å². The minimum Gasteiger partial charge on any atom is -0.437 e. The fourth-order valence-corrected chi connectivity index (χ4v) is 3.91. The molecule has 1 amide bonds. The highest BCUT2D eigenvalue weighted by atomic mass is 32.2. The molecule has 32 heavy (non-hydrogen) atoms. The van der Waals surface area contributed by atoms with Gasteiger partial charge in [0.1, 0.15) is 23.3 Å². The van der Waals surface area contributed by atoms with Gasteiger partial charge in [-0.05, 0) is 62.1 Å². The van der Waals surface area contributed by atoms with Crippen molar-refractivity contribution in [1.29, 1.82) is 0 Å². The number of alkyl halides is 1. The Kier molecular flexibility index (Phi) is 6.27. The average Bonchev–Trinajstić information content (AvgIpc) is 2.74. The summed E-state index contributed by atoms with van der Waals surface area (Å²) in [4.78, 5) is 16.0. The van der Waals surface area contributed by atoms with E-state index in [0.29, 0.717) is 28.4 Å². The van der Waals surface area contributed by atoms with Crippen LogP contribution in [0.5, 0.6) is 11.6 Å². The summed E-state index contributed by atoms with van der Waals surface area (Å²) < 4.78 is 32.8. The van der Waals surface area contributed by atoms with Crippen molar-refractivity contribution in [2.75, 3.05) is 29.6 Å². The van der Waals surface area contributed by atoms with Crippen LogP contribution >= 0.6 is 11.8 Å². The van der Waals surface area contributed by atoms with Gasteiger partial charge in [-0.2, -0.15) is 0 Å². The van der Waals surface area contributed by atoms with Crippen molar-refractivity contribution in [3.8, 4) is 11.6 Å². The van der Waals surface area contributed by atoms with Crippen molar-refractivity contribution >= 4 is 29.2 Å². The Bertz CT molecular complexity index is 1170. The highest BCUT2D eigenvalue weighted by molar-refractivity contribution is 7.98. The highest BCUT2D eigenvalue weighted by Crippen LogP contribution is 2.33. The van der Waals surface area contributed by atoms with Crippen molar-refractivity contribution in [1.82, 2.24) is 10.2 Å². The summed E-state index contributed by atoms with van der Waals surface area (Å²) >= 11 is 1.56. The van der Waals surface area contributed by atoms with Crippen molar-refractivity contribution < 1.29 is 18.3 Å². The van der Waals surface area contributed by atoms with E-state index in [9.17, 15) is 13.6 Å². The number of hydrogen-bond acceptors (Lipinski definition) is 6. The molecule has 9 heteroatoms. The number of carbonyl (C=O) groups excluding carboxylic acids is 1. The number of halogens is 2. The Hall–Kier alpha value is -3.20. The third kappa shape index (κ3) is 4.52. The number of nitrogens with zero attached hydrogens (tertiary/aromatic N) is 3. The standard InChI is InChI=1S/C23H22F2N4O2S/c1-13-9-15(24)7-8-19(13)31-23-20(14(2)21(27-28-23)29-11-16(25)12-29)22(30)26-17-5-4-6-18(10-17)32-3/h4-10,16H,11-12H2,1-3H3,(H,26,30). The van der Waals surface area contributed by atoms with Crippen LogP contribution in [-0.2, 0) is 0 Å². The van der Waals surface area contributed by atoms with E-state index in [2.05, 4.69) is 15.5 Å². The minimum absolute atomic E-state index is 0.00296. The molecule has 1 aliphatic heterocycles. The number of hydrogen-bond donors (Lipinski definition) is 1. The highest BCUT2D eigenvalue weighted by Gasteiger charge is 2.32. The quantitative estimate of drug-likeness (QED) is 0.517. The first-order chi connectivity index (χ1) is 15.4. The molecule has 1 aromatic heterocycles. The molecule has 1 saturated heterocycles. The van der Waals surface area contributed by atoms with E-state index in [4.69, 9.17) is 4.74 Å². The number of thioether (sulfide) groups is 1. The molecule has 0 radical (unpaired) electrons. The Balaban J connectivity index is 1.72. The molecule has 6 nitrogen and oxygen atoms in total. The Morgan fingerprint density at radius 3 is 2.66 bits per heavy atom. The lowest BCUT2D eigenvalue weighted by Gasteiger charge is -2.36. The normalized spacial score (nSPS) is 13.6. The topological polar surface area (TPSA) is 67.3 Å². The van der Waals surface area contributed by atoms with Gasteiger partial charge in [-0.1, -0.05) is 6.07 Å². The number of aromatic nitrogens is 2. The summed E-state index contributed by atoms with van der Waals surface area (Å²) in [6.45, 7) is 3.82. The first-order valence-corrected chi connectivity index (χ1v) is 11.2. The van der Waals surface area contributed by atoms with Crippen LogP contribution in [0, 0.1) is 19.7 Å². The Morgan fingerprint density at radius 2 is 1.97 bits per heavy atom. The number of anilines is 2. The molecule has 0 saturated carbocycles. The van der Waals surface area contributed by atoms with Gasteiger partial charge in [0.2, 0.25) is 0 Å². The lowest BCUT2D eigenvalue weighted by molar-refractivity contribution is 0.102. The van der Waals surface area contributed by atoms with Crippen molar-refractivity contribution in [3.05, 3.63) is 65.0 Å². The summed E-state index contributed by atoms with van der Waals surface area (Å²) in [6.07, 6.45) is 1.02. The molecule has 2 aromatic carbocycles. The number of aryl methyl sites for hydroxylation is 1. The number of nitrogens with one attached hydrogen (secondary N) is 1. The summed E-state index contributed by atoms with van der Waals surface area (Å²) in [6, 6.07) is 11.5. The fraction of sp³-hybridized carbons (Fsp3) is 0.261. The predicted octanol–water partition coefficient (Wildman–Crippen LogP) is 5.16. The van der Waals surface area contributed by atoms with Gasteiger partial charge in [-0.3, -0.25) is 4.79 Å². The summed E-state index contributed by atoms with van der Waals surface area (Å²) in [7, 11) is 0. The average molecular weight is 457 g/mol. The molecule has 3 aromatic rings. The molecule has 0 spiro atoms. The molecule has 1 aliphatic rings. The van der Waals surface area contributed by atoms with Gasteiger partial charge in [-0.25, -0.2) is 8.78 Å². The van der Waals surface area contributed by atoms with Crippen molar-refractivity contribution in [2.45, 2.75) is 24.9 Å². The van der Waals surface area contributed by atoms with E-state index in [1.54, 1.807) is 36.6 Å². The smallest absolute Gasteiger partial charge is 0.261 e. The Morgan fingerprint density at radius 1 is 1.19 bits per heavy atom. The molecule has 0 bridgehead atoms. The van der Waals surface area contributed by atoms with Crippen LogP contribution in [0.3, 0.4) is 0 Å². The minimum atomic E-state index is -0.930. The Labute approximate surface area is 189 Å². The maximum atomic E-state index is 13.5. The van der Waals surface area contributed by atoms with Crippen molar-refractivity contribution in [2.24, 2.45) is 0 Å². The molecule has 4 rings (SSSR count). The van der Waals surface area contributed by atoms with Crippen LogP contribution in [0.15, 0.2) is 47.4 Å². The van der Waals surface area contributed by atoms with E-state index >= 15 is 0 Å². The largest absolute Gasteiger partial charge is 0.437 e. The third-order valence-corrected chi connectivity index (χ3v) is 5.92. The molecule has 1 N–H and O–H groups in total. The van der Waals surface area contributed by atoms with Crippen LogP contribution in [0.2, 0.25) is 0 Å². The van der Waals surface area contributed by atoms with Crippen LogP contribution in [0.1, 0.15) is 21.5 Å². The van der Waals surface area contributed by atoms with Gasteiger partial charge in [0, 0.05) is 16.1 Å². The zero-order chi connectivity index (χ0) is 22.8. The molecule has 1 fully saturated rings. The number of benzene rings is 2. The monoisotopic (exact) mass is 456 g/mol. The van der Waals surface area contributed by atoms with E-state index < -0.39 is 17.9 Å². The fourth-order valence-electron chi connectivity index (χ4n) is 3.45. The lowest BCUT2D eigenvalue weighted by Crippen LogP contribution is -2.49. The molecule has 0 aliphatic carbocycles. The second-order valence-electron chi connectivity index (χ2n) is 7.53. The van der Waals surface area contributed by atoms with Crippen LogP contribution in [0.4, 0.5) is 20.3 Å². The molecular formula is C23H22F2N4O2S. The SMILES string of the molecule is CSc1cccc(NC(=O)c2c(Oc3ccc(F)cc3C)nnc(N3CC(F)C3)c2C)c1. The maximum Gasteiger partial charge on any atom is 0.261 e. The number of ether oxygens (including phenoxy) is 1. The first-order valence-electron chi connectivity index (χ1n) is 10.0. The van der Waals surface area contributed by atoms with Gasteiger partial charge in [0.15, 0.2) is 5.82 Å². The van der Waals surface area contributed by atoms with Crippen molar-refractivity contribution in [3.63, 3.8) is 0 Å².